The molecule has 0 unspecified atom stereocenters. The van der Waals surface area contributed by atoms with E-state index < -0.39 is 0 Å². The molecule has 0 aliphatic heterocycles. The first kappa shape index (κ1) is 15.3. The fourth-order valence-corrected chi connectivity index (χ4v) is 3.19. The Morgan fingerprint density at radius 1 is 0.963 bits per heavy atom. The number of anilines is 3. The van der Waals surface area contributed by atoms with Crippen LogP contribution in [0.25, 0.3) is 32.9 Å². The second kappa shape index (κ2) is 6.06. The molecule has 0 amide bonds. The SMILES string of the molecule is Nc1nccc(Nc2ccc3[nH]nc(-c4cncc5ccccc45)c3c2)n1. The molecule has 7 nitrogen and oxygen atoms in total. The second-order valence-electron chi connectivity index (χ2n) is 6.17. The number of hydrogen-bond donors (Lipinski definition) is 3. The first-order valence-corrected chi connectivity index (χ1v) is 8.45. The first-order valence-electron chi connectivity index (χ1n) is 8.45. The number of nitrogens with zero attached hydrogens (tertiary/aromatic N) is 4. The maximum absolute atomic E-state index is 5.66. The van der Waals surface area contributed by atoms with Gasteiger partial charge in [0.2, 0.25) is 5.95 Å². The molecule has 3 aromatic heterocycles. The first-order chi connectivity index (χ1) is 13.3. The van der Waals surface area contributed by atoms with Gasteiger partial charge in [0.05, 0.1) is 5.52 Å². The number of H-pyrrole nitrogens is 1. The topological polar surface area (TPSA) is 105 Å². The van der Waals surface area contributed by atoms with Crippen LogP contribution in [0.2, 0.25) is 0 Å². The van der Waals surface area contributed by atoms with Gasteiger partial charge in [-0.1, -0.05) is 24.3 Å². The summed E-state index contributed by atoms with van der Waals surface area (Å²) < 4.78 is 0. The van der Waals surface area contributed by atoms with Crippen molar-refractivity contribution < 1.29 is 0 Å². The lowest BCUT2D eigenvalue weighted by Gasteiger charge is -2.07. The minimum Gasteiger partial charge on any atom is -0.368 e. The molecule has 0 bridgehead atoms. The van der Waals surface area contributed by atoms with Gasteiger partial charge in [-0.15, -0.1) is 0 Å². The predicted octanol–water partition coefficient (Wildman–Crippen LogP) is 3.89. The Kier molecular flexibility index (Phi) is 3.43. The van der Waals surface area contributed by atoms with E-state index in [0.29, 0.717) is 5.82 Å². The molecule has 5 rings (SSSR count). The fourth-order valence-electron chi connectivity index (χ4n) is 3.19. The van der Waals surface area contributed by atoms with E-state index in [1.165, 1.54) is 0 Å². The number of benzene rings is 2. The van der Waals surface area contributed by atoms with E-state index in [0.717, 1.165) is 38.6 Å². The van der Waals surface area contributed by atoms with Gasteiger partial charge in [-0.3, -0.25) is 10.1 Å². The number of hydrogen-bond acceptors (Lipinski definition) is 6. The van der Waals surface area contributed by atoms with Crippen molar-refractivity contribution in [2.24, 2.45) is 0 Å². The van der Waals surface area contributed by atoms with Crippen LogP contribution in [0.4, 0.5) is 17.5 Å². The summed E-state index contributed by atoms with van der Waals surface area (Å²) in [6.07, 6.45) is 5.33. The summed E-state index contributed by atoms with van der Waals surface area (Å²) >= 11 is 0. The van der Waals surface area contributed by atoms with E-state index in [-0.39, 0.29) is 5.95 Å². The van der Waals surface area contributed by atoms with E-state index in [2.05, 4.69) is 36.5 Å². The molecule has 0 saturated carbocycles. The molecule has 130 valence electrons. The maximum atomic E-state index is 5.66. The molecule has 27 heavy (non-hydrogen) atoms. The lowest BCUT2D eigenvalue weighted by molar-refractivity contribution is 1.12. The van der Waals surface area contributed by atoms with Gasteiger partial charge in [0.1, 0.15) is 11.5 Å². The van der Waals surface area contributed by atoms with Crippen molar-refractivity contribution in [1.82, 2.24) is 25.1 Å². The number of aromatic amines is 1. The Hall–Kier alpha value is -4.00. The molecule has 0 fully saturated rings. The third-order valence-electron chi connectivity index (χ3n) is 4.43. The zero-order chi connectivity index (χ0) is 18.2. The monoisotopic (exact) mass is 353 g/mol. The smallest absolute Gasteiger partial charge is 0.221 e. The highest BCUT2D eigenvalue weighted by molar-refractivity contribution is 6.03. The van der Waals surface area contributed by atoms with Crippen molar-refractivity contribution in [3.8, 4) is 11.3 Å². The van der Waals surface area contributed by atoms with Crippen LogP contribution in [-0.4, -0.2) is 25.1 Å². The van der Waals surface area contributed by atoms with Crippen molar-refractivity contribution in [3.05, 3.63) is 67.1 Å². The molecule has 7 heteroatoms. The summed E-state index contributed by atoms with van der Waals surface area (Å²) in [5.41, 5.74) is 9.34. The zero-order valence-electron chi connectivity index (χ0n) is 14.2. The Morgan fingerprint density at radius 3 is 2.81 bits per heavy atom. The highest BCUT2D eigenvalue weighted by Gasteiger charge is 2.12. The molecular weight excluding hydrogens is 338 g/mol. The summed E-state index contributed by atoms with van der Waals surface area (Å²) in [5, 5.41) is 14.1. The van der Waals surface area contributed by atoms with Crippen molar-refractivity contribution in [1.29, 1.82) is 0 Å². The van der Waals surface area contributed by atoms with Crippen molar-refractivity contribution in [2.45, 2.75) is 0 Å². The molecule has 5 aromatic rings. The minimum atomic E-state index is 0.229. The molecule has 0 aliphatic rings. The van der Waals surface area contributed by atoms with Gasteiger partial charge in [0.25, 0.3) is 0 Å². The number of nitrogens with one attached hydrogen (secondary N) is 2. The van der Waals surface area contributed by atoms with E-state index in [1.807, 2.05) is 48.8 Å². The molecule has 0 spiro atoms. The van der Waals surface area contributed by atoms with E-state index in [4.69, 9.17) is 5.73 Å². The zero-order valence-corrected chi connectivity index (χ0v) is 14.2. The Morgan fingerprint density at radius 2 is 1.89 bits per heavy atom. The Balaban J connectivity index is 1.63. The van der Waals surface area contributed by atoms with Crippen LogP contribution in [0, 0.1) is 0 Å². The summed E-state index contributed by atoms with van der Waals surface area (Å²) in [6, 6.07) is 15.9. The number of fused-ring (bicyclic) bond motifs is 2. The number of nitrogen functional groups attached to an aromatic ring is 1. The molecule has 0 atom stereocenters. The van der Waals surface area contributed by atoms with Gasteiger partial charge < -0.3 is 11.1 Å². The number of nitrogens with two attached hydrogens (primary N) is 1. The van der Waals surface area contributed by atoms with Crippen LogP contribution in [0.1, 0.15) is 0 Å². The Labute approximate surface area is 154 Å². The van der Waals surface area contributed by atoms with E-state index in [1.54, 1.807) is 12.3 Å². The molecule has 3 heterocycles. The quantitative estimate of drug-likeness (QED) is 0.454. The standard InChI is InChI=1S/C20H15N7/c21-20-23-8-7-18(25-20)24-13-5-6-17-15(9-13)19(27-26-17)16-11-22-10-12-3-1-2-4-14(12)16/h1-11H,(H,26,27)(H3,21,23,24,25). The summed E-state index contributed by atoms with van der Waals surface area (Å²) in [7, 11) is 0. The van der Waals surface area contributed by atoms with E-state index >= 15 is 0 Å². The van der Waals surface area contributed by atoms with Gasteiger partial charge >= 0.3 is 0 Å². The number of pyridine rings is 1. The fraction of sp³-hybridized carbons (Fsp3) is 0. The van der Waals surface area contributed by atoms with Gasteiger partial charge in [-0.05, 0) is 29.7 Å². The van der Waals surface area contributed by atoms with Crippen molar-refractivity contribution in [2.75, 3.05) is 11.1 Å². The molecule has 0 saturated heterocycles. The van der Waals surface area contributed by atoms with Gasteiger partial charge in [0, 0.05) is 40.6 Å². The third-order valence-corrected chi connectivity index (χ3v) is 4.43. The highest BCUT2D eigenvalue weighted by atomic mass is 15.1. The van der Waals surface area contributed by atoms with Crippen LogP contribution >= 0.6 is 0 Å². The van der Waals surface area contributed by atoms with Crippen LogP contribution in [0.5, 0.6) is 0 Å². The van der Waals surface area contributed by atoms with Crippen LogP contribution < -0.4 is 11.1 Å². The summed E-state index contributed by atoms with van der Waals surface area (Å²) in [5.74, 6) is 0.866. The lowest BCUT2D eigenvalue weighted by Crippen LogP contribution is -1.98. The second-order valence-corrected chi connectivity index (χ2v) is 6.17. The normalized spacial score (nSPS) is 11.1. The summed E-state index contributed by atoms with van der Waals surface area (Å²) in [4.78, 5) is 12.5. The largest absolute Gasteiger partial charge is 0.368 e. The van der Waals surface area contributed by atoms with Crippen molar-refractivity contribution >= 4 is 39.1 Å². The number of aromatic nitrogens is 5. The Bertz CT molecular complexity index is 1270. The highest BCUT2D eigenvalue weighted by Crippen LogP contribution is 2.33. The molecule has 2 aromatic carbocycles. The average molecular weight is 353 g/mol. The van der Waals surface area contributed by atoms with Crippen LogP contribution in [0.15, 0.2) is 67.1 Å². The van der Waals surface area contributed by atoms with Gasteiger partial charge in [-0.2, -0.15) is 10.1 Å². The lowest BCUT2D eigenvalue weighted by atomic mass is 10.0. The molecule has 0 radical (unpaired) electrons. The van der Waals surface area contributed by atoms with Crippen molar-refractivity contribution in [3.63, 3.8) is 0 Å². The van der Waals surface area contributed by atoms with Crippen LogP contribution in [-0.2, 0) is 0 Å². The predicted molar refractivity (Wildman–Crippen MR) is 107 cm³/mol. The van der Waals surface area contributed by atoms with Gasteiger partial charge in [0.15, 0.2) is 0 Å². The summed E-state index contributed by atoms with van der Waals surface area (Å²) in [6.45, 7) is 0. The third kappa shape index (κ3) is 2.71. The maximum Gasteiger partial charge on any atom is 0.221 e. The van der Waals surface area contributed by atoms with E-state index in [9.17, 15) is 0 Å². The minimum absolute atomic E-state index is 0.229. The van der Waals surface area contributed by atoms with Crippen LogP contribution in [0.3, 0.4) is 0 Å². The average Bonchev–Trinajstić information content (AvgIpc) is 3.11. The molecular formula is C20H15N7. The molecule has 0 aliphatic carbocycles. The number of rotatable bonds is 3. The van der Waals surface area contributed by atoms with Gasteiger partial charge in [-0.25, -0.2) is 4.98 Å². The molecule has 4 N–H and O–H groups in total.